The summed E-state index contributed by atoms with van der Waals surface area (Å²) in [6, 6.07) is 8.62. The van der Waals surface area contributed by atoms with Crippen molar-refractivity contribution in [1.29, 1.82) is 0 Å². The number of halogens is 3. The van der Waals surface area contributed by atoms with Crippen LogP contribution < -0.4 is 0 Å². The van der Waals surface area contributed by atoms with E-state index in [1.807, 2.05) is 18.9 Å². The van der Waals surface area contributed by atoms with Crippen LogP contribution in [-0.4, -0.2) is 31.1 Å². The molecule has 0 atom stereocenters. The number of carbonyl (C=O) groups excluding carboxylic acids is 2. The summed E-state index contributed by atoms with van der Waals surface area (Å²) in [4.78, 5) is 24.8. The lowest BCUT2D eigenvalue weighted by Gasteiger charge is -2.20. The summed E-state index contributed by atoms with van der Waals surface area (Å²) in [6.45, 7) is 2.94. The summed E-state index contributed by atoms with van der Waals surface area (Å²) in [6.07, 6.45) is -1.56. The van der Waals surface area contributed by atoms with E-state index in [2.05, 4.69) is 0 Å². The molecule has 0 spiro atoms. The second-order valence-corrected chi connectivity index (χ2v) is 6.48. The van der Waals surface area contributed by atoms with Gasteiger partial charge >= 0.3 is 6.18 Å². The van der Waals surface area contributed by atoms with Gasteiger partial charge in [0.1, 0.15) is 6.29 Å². The van der Waals surface area contributed by atoms with Gasteiger partial charge in [-0.25, -0.2) is 0 Å². The highest BCUT2D eigenvalue weighted by atomic mass is 19.4. The van der Waals surface area contributed by atoms with E-state index in [1.165, 1.54) is 12.1 Å². The first kappa shape index (κ1) is 20.8. The first-order chi connectivity index (χ1) is 12.8. The summed E-state index contributed by atoms with van der Waals surface area (Å²) in [7, 11) is 1.85. The molecule has 0 aliphatic rings. The van der Waals surface area contributed by atoms with Gasteiger partial charge in [-0.3, -0.25) is 9.59 Å². The number of hydrogen-bond donors (Lipinski definition) is 0. The maximum absolute atomic E-state index is 12.6. The quantitative estimate of drug-likeness (QED) is 0.633. The van der Waals surface area contributed by atoms with Gasteiger partial charge in [0.2, 0.25) is 0 Å². The third-order valence-corrected chi connectivity index (χ3v) is 4.60. The molecule has 0 heterocycles. The topological polar surface area (TPSA) is 37.4 Å². The number of likely N-dealkylation sites (N-methyl/N-ethyl adjacent to an activating group) is 1. The van der Waals surface area contributed by atoms with Gasteiger partial charge in [0.05, 0.1) is 5.56 Å². The van der Waals surface area contributed by atoms with Crippen molar-refractivity contribution in [2.45, 2.75) is 32.5 Å². The molecule has 0 saturated carbocycles. The molecule has 0 bridgehead atoms. The minimum atomic E-state index is -4.34. The molecule has 0 N–H and O–H groups in total. The van der Waals surface area contributed by atoms with Gasteiger partial charge in [0, 0.05) is 24.2 Å². The number of hydrogen-bond acceptors (Lipinski definition) is 3. The largest absolute Gasteiger partial charge is 0.416 e. The average molecular weight is 377 g/mol. The highest BCUT2D eigenvalue weighted by molar-refractivity contribution is 5.87. The lowest BCUT2D eigenvalue weighted by molar-refractivity contribution is -0.137. The van der Waals surface area contributed by atoms with Crippen molar-refractivity contribution >= 4 is 12.6 Å². The molecule has 0 aliphatic heterocycles. The molecule has 0 aliphatic carbocycles. The average Bonchev–Trinajstić information content (AvgIpc) is 2.65. The van der Waals surface area contributed by atoms with Crippen LogP contribution in [0.25, 0.3) is 0 Å². The lowest BCUT2D eigenvalue weighted by Crippen LogP contribution is -2.23. The normalized spacial score (nSPS) is 11.6. The number of benzene rings is 2. The molecule has 27 heavy (non-hydrogen) atoms. The molecule has 0 unspecified atom stereocenters. The van der Waals surface area contributed by atoms with Crippen LogP contribution in [0.5, 0.6) is 0 Å². The Morgan fingerprint density at radius 3 is 2.19 bits per heavy atom. The van der Waals surface area contributed by atoms with E-state index in [0.29, 0.717) is 42.6 Å². The molecule has 0 aromatic heterocycles. The van der Waals surface area contributed by atoms with Crippen LogP contribution in [-0.2, 0) is 25.6 Å². The van der Waals surface area contributed by atoms with E-state index >= 15 is 0 Å². The van der Waals surface area contributed by atoms with Crippen molar-refractivity contribution in [1.82, 2.24) is 4.90 Å². The SMILES string of the molecule is CCc1ccc(C=O)c(CN(C)CCc2ccc(C(F)(F)F)cc2)c1C=O. The van der Waals surface area contributed by atoms with Crippen LogP contribution in [0, 0.1) is 0 Å². The Kier molecular flexibility index (Phi) is 6.91. The van der Waals surface area contributed by atoms with E-state index in [0.717, 1.165) is 35.8 Å². The van der Waals surface area contributed by atoms with Crippen LogP contribution in [0.15, 0.2) is 36.4 Å². The number of aryl methyl sites for hydroxylation is 1. The highest BCUT2D eigenvalue weighted by Crippen LogP contribution is 2.29. The Morgan fingerprint density at radius 2 is 1.67 bits per heavy atom. The molecule has 144 valence electrons. The fourth-order valence-corrected chi connectivity index (χ4v) is 3.00. The molecule has 2 aromatic carbocycles. The fourth-order valence-electron chi connectivity index (χ4n) is 3.00. The lowest BCUT2D eigenvalue weighted by atomic mass is 9.95. The minimum Gasteiger partial charge on any atom is -0.302 e. The van der Waals surface area contributed by atoms with E-state index in [1.54, 1.807) is 12.1 Å². The second kappa shape index (κ2) is 8.95. The Hall–Kier alpha value is -2.47. The van der Waals surface area contributed by atoms with Crippen LogP contribution in [0.4, 0.5) is 13.2 Å². The molecular formula is C21H22F3NO2. The summed E-state index contributed by atoms with van der Waals surface area (Å²) >= 11 is 0. The van der Waals surface area contributed by atoms with E-state index < -0.39 is 11.7 Å². The standard InChI is InChI=1S/C21H22F3NO2/c1-3-16-6-7-17(13-26)19(20(16)14-27)12-25(2)11-10-15-4-8-18(9-5-15)21(22,23)24/h4-9,13-14H,3,10-12H2,1-2H3. The van der Waals surface area contributed by atoms with Crippen molar-refractivity contribution in [2.24, 2.45) is 0 Å². The molecule has 6 heteroatoms. The van der Waals surface area contributed by atoms with Gasteiger partial charge in [-0.05, 0) is 48.7 Å². The van der Waals surface area contributed by atoms with E-state index in [9.17, 15) is 22.8 Å². The summed E-state index contributed by atoms with van der Waals surface area (Å²) < 4.78 is 37.8. The first-order valence-electron chi connectivity index (χ1n) is 8.70. The number of aldehydes is 2. The summed E-state index contributed by atoms with van der Waals surface area (Å²) in [5.41, 5.74) is 2.74. The van der Waals surface area contributed by atoms with Crippen molar-refractivity contribution in [3.05, 3.63) is 69.8 Å². The maximum Gasteiger partial charge on any atom is 0.416 e. The van der Waals surface area contributed by atoms with Gasteiger partial charge in [0.15, 0.2) is 6.29 Å². The second-order valence-electron chi connectivity index (χ2n) is 6.48. The molecule has 0 radical (unpaired) electrons. The van der Waals surface area contributed by atoms with Gasteiger partial charge in [0.25, 0.3) is 0 Å². The molecule has 3 nitrogen and oxygen atoms in total. The van der Waals surface area contributed by atoms with Crippen molar-refractivity contribution in [3.8, 4) is 0 Å². The Bertz CT molecular complexity index is 798. The summed E-state index contributed by atoms with van der Waals surface area (Å²) in [5, 5.41) is 0. The molecule has 2 rings (SSSR count). The zero-order valence-electron chi connectivity index (χ0n) is 15.3. The van der Waals surface area contributed by atoms with Crippen molar-refractivity contribution in [3.63, 3.8) is 0 Å². The Balaban J connectivity index is 2.09. The molecule has 0 amide bonds. The molecular weight excluding hydrogens is 355 g/mol. The first-order valence-corrected chi connectivity index (χ1v) is 8.70. The Morgan fingerprint density at radius 1 is 1.00 bits per heavy atom. The summed E-state index contributed by atoms with van der Waals surface area (Å²) in [5.74, 6) is 0. The number of nitrogens with zero attached hydrogens (tertiary/aromatic N) is 1. The minimum absolute atomic E-state index is 0.413. The highest BCUT2D eigenvalue weighted by Gasteiger charge is 2.29. The predicted octanol–water partition coefficient (Wildman–Crippen LogP) is 4.57. The van der Waals surface area contributed by atoms with Crippen molar-refractivity contribution in [2.75, 3.05) is 13.6 Å². The monoisotopic (exact) mass is 377 g/mol. The van der Waals surface area contributed by atoms with Crippen LogP contribution >= 0.6 is 0 Å². The zero-order valence-corrected chi connectivity index (χ0v) is 15.3. The fraction of sp³-hybridized carbons (Fsp3) is 0.333. The van der Waals surface area contributed by atoms with Gasteiger partial charge in [-0.2, -0.15) is 13.2 Å². The van der Waals surface area contributed by atoms with Crippen LogP contribution in [0.2, 0.25) is 0 Å². The molecule has 0 fully saturated rings. The maximum atomic E-state index is 12.6. The third-order valence-electron chi connectivity index (χ3n) is 4.60. The third kappa shape index (κ3) is 5.26. The number of alkyl halides is 3. The van der Waals surface area contributed by atoms with Crippen molar-refractivity contribution < 1.29 is 22.8 Å². The Labute approximate surface area is 156 Å². The number of rotatable bonds is 8. The molecule has 2 aromatic rings. The predicted molar refractivity (Wildman–Crippen MR) is 98.1 cm³/mol. The van der Waals surface area contributed by atoms with Gasteiger partial charge in [-0.15, -0.1) is 0 Å². The zero-order chi connectivity index (χ0) is 20.0. The van der Waals surface area contributed by atoms with Gasteiger partial charge < -0.3 is 4.90 Å². The van der Waals surface area contributed by atoms with E-state index in [4.69, 9.17) is 0 Å². The smallest absolute Gasteiger partial charge is 0.302 e. The van der Waals surface area contributed by atoms with Crippen LogP contribution in [0.1, 0.15) is 49.9 Å². The number of carbonyl (C=O) groups is 2. The van der Waals surface area contributed by atoms with Gasteiger partial charge in [-0.1, -0.05) is 31.2 Å². The molecule has 0 saturated heterocycles. The van der Waals surface area contributed by atoms with E-state index in [-0.39, 0.29) is 0 Å². The van der Waals surface area contributed by atoms with Crippen LogP contribution in [0.3, 0.4) is 0 Å².